The zero-order valence-corrected chi connectivity index (χ0v) is 7.26. The van der Waals surface area contributed by atoms with E-state index in [1.807, 2.05) is 0 Å². The molecule has 0 spiro atoms. The first-order valence-electron chi connectivity index (χ1n) is 3.86. The van der Waals surface area contributed by atoms with Crippen LogP contribution < -0.4 is 10.5 Å². The lowest BCUT2D eigenvalue weighted by Gasteiger charge is -2.06. The fraction of sp³-hybridized carbons (Fsp3) is 0.222. The zero-order chi connectivity index (χ0) is 10.6. The van der Waals surface area contributed by atoms with Gasteiger partial charge in [-0.05, 0) is 17.7 Å². The second-order valence-electron chi connectivity index (χ2n) is 2.54. The van der Waals surface area contributed by atoms with Crippen LogP contribution in [-0.2, 0) is 6.54 Å². The van der Waals surface area contributed by atoms with Gasteiger partial charge in [-0.15, -0.1) is 0 Å². The number of rotatable bonds is 3. The molecule has 3 nitrogen and oxygen atoms in total. The molecule has 2 N–H and O–H groups in total. The molecule has 74 valence electrons. The molecule has 0 heterocycles. The van der Waals surface area contributed by atoms with Gasteiger partial charge in [0.25, 0.3) is 0 Å². The van der Waals surface area contributed by atoms with Crippen LogP contribution in [0.3, 0.4) is 0 Å². The molecule has 0 aliphatic heterocycles. The van der Waals surface area contributed by atoms with Crippen molar-refractivity contribution in [2.24, 2.45) is 5.73 Å². The van der Waals surface area contributed by atoms with Gasteiger partial charge < -0.3 is 10.5 Å². The van der Waals surface area contributed by atoms with E-state index in [1.54, 1.807) is 6.07 Å². The SMILES string of the molecule is N#CCOc1c(F)cc(CN)cc1F. The lowest BCUT2D eigenvalue weighted by molar-refractivity contribution is 0.324. The first kappa shape index (κ1) is 10.4. The molecule has 0 amide bonds. The van der Waals surface area contributed by atoms with Crippen molar-refractivity contribution in [2.75, 3.05) is 6.61 Å². The summed E-state index contributed by atoms with van der Waals surface area (Å²) < 4.78 is 30.7. The number of nitrogens with zero attached hydrogens (tertiary/aromatic N) is 1. The molecule has 1 rings (SSSR count). The van der Waals surface area contributed by atoms with E-state index in [9.17, 15) is 8.78 Å². The molecule has 0 unspecified atom stereocenters. The third kappa shape index (κ3) is 2.18. The lowest BCUT2D eigenvalue weighted by atomic mass is 10.2. The van der Waals surface area contributed by atoms with Crippen LogP contribution in [0.1, 0.15) is 5.56 Å². The van der Waals surface area contributed by atoms with Gasteiger partial charge in [0.05, 0.1) is 0 Å². The van der Waals surface area contributed by atoms with Crippen molar-refractivity contribution in [3.63, 3.8) is 0 Å². The first-order chi connectivity index (χ1) is 6.69. The highest BCUT2D eigenvalue weighted by Crippen LogP contribution is 2.22. The number of halogens is 2. The minimum Gasteiger partial charge on any atom is -0.473 e. The summed E-state index contributed by atoms with van der Waals surface area (Å²) >= 11 is 0. The van der Waals surface area contributed by atoms with E-state index < -0.39 is 24.0 Å². The summed E-state index contributed by atoms with van der Waals surface area (Å²) in [7, 11) is 0. The molecule has 0 radical (unpaired) electrons. The minimum atomic E-state index is -0.847. The fourth-order valence-electron chi connectivity index (χ4n) is 0.973. The van der Waals surface area contributed by atoms with Gasteiger partial charge in [-0.3, -0.25) is 0 Å². The predicted octanol–water partition coefficient (Wildman–Crippen LogP) is 1.33. The number of nitrogens with two attached hydrogens (primary N) is 1. The third-order valence-electron chi connectivity index (χ3n) is 1.57. The van der Waals surface area contributed by atoms with Crippen molar-refractivity contribution in [2.45, 2.75) is 6.54 Å². The molecule has 0 saturated carbocycles. The van der Waals surface area contributed by atoms with Crippen LogP contribution in [0.2, 0.25) is 0 Å². The fourth-order valence-corrected chi connectivity index (χ4v) is 0.973. The molecule has 0 atom stereocenters. The summed E-state index contributed by atoms with van der Waals surface area (Å²) in [4.78, 5) is 0. The van der Waals surface area contributed by atoms with Crippen LogP contribution in [-0.4, -0.2) is 6.61 Å². The van der Waals surface area contributed by atoms with Crippen LogP contribution in [0, 0.1) is 23.0 Å². The topological polar surface area (TPSA) is 59.0 Å². The van der Waals surface area contributed by atoms with E-state index in [0.29, 0.717) is 5.56 Å². The molecule has 5 heteroatoms. The second-order valence-corrected chi connectivity index (χ2v) is 2.54. The summed E-state index contributed by atoms with van der Waals surface area (Å²) in [6.07, 6.45) is 0. The van der Waals surface area contributed by atoms with Gasteiger partial charge in [-0.1, -0.05) is 0 Å². The normalized spacial score (nSPS) is 9.57. The standard InChI is InChI=1S/C9H8F2N2O/c10-7-3-6(5-13)4-8(11)9(7)14-2-1-12/h3-4H,2,5,13H2. The summed E-state index contributed by atoms with van der Waals surface area (Å²) in [6.45, 7) is -0.345. The highest BCUT2D eigenvalue weighted by Gasteiger charge is 2.11. The Morgan fingerprint density at radius 1 is 1.36 bits per heavy atom. The highest BCUT2D eigenvalue weighted by molar-refractivity contribution is 5.31. The van der Waals surface area contributed by atoms with Gasteiger partial charge in [0.15, 0.2) is 24.0 Å². The maximum atomic E-state index is 13.1. The minimum absolute atomic E-state index is 0.0480. The van der Waals surface area contributed by atoms with Crippen LogP contribution in [0.5, 0.6) is 5.75 Å². The molecule has 0 bridgehead atoms. The molecule has 0 saturated heterocycles. The molecular formula is C9H8F2N2O. The van der Waals surface area contributed by atoms with Gasteiger partial charge in [0.1, 0.15) is 6.07 Å². The largest absolute Gasteiger partial charge is 0.473 e. The number of hydrogen-bond acceptors (Lipinski definition) is 3. The van der Waals surface area contributed by atoms with Crippen LogP contribution >= 0.6 is 0 Å². The van der Waals surface area contributed by atoms with Crippen LogP contribution in [0.4, 0.5) is 8.78 Å². The average Bonchev–Trinajstić information content (AvgIpc) is 2.16. The third-order valence-corrected chi connectivity index (χ3v) is 1.57. The monoisotopic (exact) mass is 198 g/mol. The highest BCUT2D eigenvalue weighted by atomic mass is 19.1. The van der Waals surface area contributed by atoms with E-state index in [-0.39, 0.29) is 6.54 Å². The van der Waals surface area contributed by atoms with Crippen molar-refractivity contribution in [1.82, 2.24) is 0 Å². The Morgan fingerprint density at radius 3 is 2.36 bits per heavy atom. The van der Waals surface area contributed by atoms with Crippen LogP contribution in [0.15, 0.2) is 12.1 Å². The van der Waals surface area contributed by atoms with Crippen molar-refractivity contribution in [1.29, 1.82) is 5.26 Å². The Balaban J connectivity index is 3.00. The Labute approximate surface area is 79.7 Å². The molecular weight excluding hydrogens is 190 g/mol. The maximum Gasteiger partial charge on any atom is 0.192 e. The van der Waals surface area contributed by atoms with Gasteiger partial charge in [0.2, 0.25) is 0 Å². The number of nitriles is 1. The summed E-state index contributed by atoms with van der Waals surface area (Å²) in [5.41, 5.74) is 5.55. The molecule has 1 aromatic carbocycles. The van der Waals surface area contributed by atoms with Crippen LogP contribution in [0.25, 0.3) is 0 Å². The molecule has 0 aliphatic carbocycles. The van der Waals surface area contributed by atoms with Crippen molar-refractivity contribution >= 4 is 0 Å². The van der Waals surface area contributed by atoms with E-state index in [2.05, 4.69) is 4.74 Å². The summed E-state index contributed by atoms with van der Waals surface area (Å²) in [6, 6.07) is 3.78. The van der Waals surface area contributed by atoms with E-state index in [1.165, 1.54) is 0 Å². The van der Waals surface area contributed by atoms with Gasteiger partial charge in [-0.25, -0.2) is 8.78 Å². The Kier molecular flexibility index (Phi) is 3.37. The first-order valence-corrected chi connectivity index (χ1v) is 3.86. The Hall–Kier alpha value is -1.67. The number of benzene rings is 1. The summed E-state index contributed by atoms with van der Waals surface area (Å²) in [5, 5.41) is 8.17. The van der Waals surface area contributed by atoms with E-state index >= 15 is 0 Å². The van der Waals surface area contributed by atoms with E-state index in [4.69, 9.17) is 11.0 Å². The summed E-state index contributed by atoms with van der Waals surface area (Å²) in [5.74, 6) is -2.23. The smallest absolute Gasteiger partial charge is 0.192 e. The lowest BCUT2D eigenvalue weighted by Crippen LogP contribution is -2.03. The Morgan fingerprint density at radius 2 is 1.93 bits per heavy atom. The second kappa shape index (κ2) is 4.53. The quantitative estimate of drug-likeness (QED) is 0.796. The number of ether oxygens (including phenoxy) is 1. The predicted molar refractivity (Wildman–Crippen MR) is 45.4 cm³/mol. The van der Waals surface area contributed by atoms with Gasteiger partial charge in [-0.2, -0.15) is 5.26 Å². The zero-order valence-electron chi connectivity index (χ0n) is 7.26. The van der Waals surface area contributed by atoms with E-state index in [0.717, 1.165) is 12.1 Å². The van der Waals surface area contributed by atoms with Gasteiger partial charge in [0, 0.05) is 6.54 Å². The Bertz CT molecular complexity index is 351. The molecule has 14 heavy (non-hydrogen) atoms. The molecule has 1 aromatic rings. The van der Waals surface area contributed by atoms with Crippen molar-refractivity contribution in [3.8, 4) is 11.8 Å². The molecule has 0 aromatic heterocycles. The maximum absolute atomic E-state index is 13.1. The van der Waals surface area contributed by atoms with Crippen molar-refractivity contribution < 1.29 is 13.5 Å². The van der Waals surface area contributed by atoms with Gasteiger partial charge >= 0.3 is 0 Å². The molecule has 0 aliphatic rings. The number of hydrogen-bond donors (Lipinski definition) is 1. The van der Waals surface area contributed by atoms with Crippen molar-refractivity contribution in [3.05, 3.63) is 29.3 Å². The average molecular weight is 198 g/mol. The molecule has 0 fully saturated rings.